The Bertz CT molecular complexity index is 617. The smallest absolute Gasteiger partial charge is 0.191 e. The van der Waals surface area contributed by atoms with Crippen LogP contribution in [0.15, 0.2) is 29.3 Å². The molecule has 0 radical (unpaired) electrons. The molecule has 0 bridgehead atoms. The molecule has 0 amide bonds. The average molecular weight is 530 g/mol. The van der Waals surface area contributed by atoms with Gasteiger partial charge in [-0.3, -0.25) is 9.89 Å². The van der Waals surface area contributed by atoms with Crippen molar-refractivity contribution in [3.05, 3.63) is 35.4 Å². The molecule has 170 valence electrons. The van der Waals surface area contributed by atoms with Crippen molar-refractivity contribution in [2.45, 2.75) is 57.7 Å². The molecule has 1 saturated carbocycles. The lowest BCUT2D eigenvalue weighted by Gasteiger charge is -2.27. The summed E-state index contributed by atoms with van der Waals surface area (Å²) in [6.07, 6.45) is 7.99. The van der Waals surface area contributed by atoms with E-state index in [1.807, 2.05) is 7.05 Å². The Balaban J connectivity index is 0.00000320. The van der Waals surface area contributed by atoms with Gasteiger partial charge in [-0.05, 0) is 30.4 Å². The van der Waals surface area contributed by atoms with E-state index in [9.17, 15) is 0 Å². The minimum absolute atomic E-state index is 0. The molecule has 7 heteroatoms. The van der Waals surface area contributed by atoms with Gasteiger partial charge in [-0.15, -0.1) is 24.0 Å². The average Bonchev–Trinajstić information content (AvgIpc) is 2.78. The molecular weight excluding hydrogens is 491 g/mol. The lowest BCUT2D eigenvalue weighted by molar-refractivity contribution is 0.0277. The Labute approximate surface area is 199 Å². The molecule has 30 heavy (non-hydrogen) atoms. The van der Waals surface area contributed by atoms with E-state index in [-0.39, 0.29) is 24.0 Å². The van der Waals surface area contributed by atoms with E-state index in [0.717, 1.165) is 64.9 Å². The Morgan fingerprint density at radius 3 is 2.57 bits per heavy atom. The van der Waals surface area contributed by atoms with E-state index in [0.29, 0.717) is 6.10 Å². The fourth-order valence-corrected chi connectivity index (χ4v) is 4.04. The van der Waals surface area contributed by atoms with Crippen molar-refractivity contribution in [1.29, 1.82) is 0 Å². The highest BCUT2D eigenvalue weighted by Crippen LogP contribution is 2.20. The Morgan fingerprint density at radius 1 is 1.10 bits per heavy atom. The number of morpholine rings is 1. The number of nitrogens with one attached hydrogen (secondary N) is 2. The van der Waals surface area contributed by atoms with E-state index in [2.05, 4.69) is 44.8 Å². The Hall–Kier alpha value is -0.900. The number of guanidine groups is 1. The van der Waals surface area contributed by atoms with Crippen molar-refractivity contribution in [2.24, 2.45) is 4.99 Å². The number of nitrogens with zero attached hydrogens (tertiary/aromatic N) is 2. The highest BCUT2D eigenvalue weighted by Gasteiger charge is 2.14. The summed E-state index contributed by atoms with van der Waals surface area (Å²) in [5.74, 6) is 0.851. The van der Waals surface area contributed by atoms with Gasteiger partial charge in [-0.2, -0.15) is 0 Å². The minimum Gasteiger partial charge on any atom is -0.379 e. The third-order valence-corrected chi connectivity index (χ3v) is 5.81. The van der Waals surface area contributed by atoms with E-state index in [1.54, 1.807) is 0 Å². The van der Waals surface area contributed by atoms with Gasteiger partial charge in [0.05, 0.1) is 19.3 Å². The first-order chi connectivity index (χ1) is 14.3. The van der Waals surface area contributed by atoms with Gasteiger partial charge in [0.25, 0.3) is 0 Å². The molecule has 0 atom stereocenters. The number of benzene rings is 1. The van der Waals surface area contributed by atoms with E-state index >= 15 is 0 Å². The maximum Gasteiger partial charge on any atom is 0.191 e. The SMILES string of the molecule is CN=C(NCCCOC1CCCCC1)NCc1ccccc1CN1CCOCC1.I. The molecule has 2 fully saturated rings. The molecule has 0 spiro atoms. The fourth-order valence-electron chi connectivity index (χ4n) is 4.04. The van der Waals surface area contributed by atoms with Crippen LogP contribution in [-0.2, 0) is 22.6 Å². The van der Waals surface area contributed by atoms with Gasteiger partial charge < -0.3 is 20.1 Å². The first kappa shape index (κ1) is 25.4. The first-order valence-corrected chi connectivity index (χ1v) is 11.3. The van der Waals surface area contributed by atoms with Crippen LogP contribution in [0.2, 0.25) is 0 Å². The van der Waals surface area contributed by atoms with Crippen molar-refractivity contribution in [1.82, 2.24) is 15.5 Å². The predicted octanol–water partition coefficient (Wildman–Crippen LogP) is 3.54. The van der Waals surface area contributed by atoms with Crippen molar-refractivity contribution >= 4 is 29.9 Å². The van der Waals surface area contributed by atoms with Crippen molar-refractivity contribution in [2.75, 3.05) is 46.5 Å². The predicted molar refractivity (Wildman–Crippen MR) is 134 cm³/mol. The van der Waals surface area contributed by atoms with Crippen LogP contribution < -0.4 is 10.6 Å². The number of rotatable bonds is 9. The molecular formula is C23H39IN4O2. The third kappa shape index (κ3) is 9.08. The number of hydrogen-bond acceptors (Lipinski definition) is 4. The summed E-state index contributed by atoms with van der Waals surface area (Å²) in [6.45, 7) is 7.15. The molecule has 1 aliphatic heterocycles. The molecule has 0 aromatic heterocycles. The molecule has 1 aliphatic carbocycles. The summed E-state index contributed by atoms with van der Waals surface area (Å²) in [5.41, 5.74) is 2.70. The molecule has 1 saturated heterocycles. The zero-order valence-electron chi connectivity index (χ0n) is 18.4. The topological polar surface area (TPSA) is 58.1 Å². The summed E-state index contributed by atoms with van der Waals surface area (Å²) >= 11 is 0. The minimum atomic E-state index is 0. The van der Waals surface area contributed by atoms with Crippen LogP contribution in [0.5, 0.6) is 0 Å². The maximum absolute atomic E-state index is 6.00. The summed E-state index contributed by atoms with van der Waals surface area (Å²) < 4.78 is 11.5. The molecule has 1 aromatic carbocycles. The van der Waals surface area contributed by atoms with Crippen molar-refractivity contribution < 1.29 is 9.47 Å². The van der Waals surface area contributed by atoms with Crippen LogP contribution in [0, 0.1) is 0 Å². The summed E-state index contributed by atoms with van der Waals surface area (Å²) in [4.78, 5) is 6.82. The molecule has 1 heterocycles. The van der Waals surface area contributed by atoms with Crippen LogP contribution in [0.3, 0.4) is 0 Å². The number of aliphatic imine (C=N–C) groups is 1. The highest BCUT2D eigenvalue weighted by atomic mass is 127. The standard InChI is InChI=1S/C23H38N4O2.HI/c1-24-23(25-12-7-15-29-22-10-3-2-4-11-22)26-18-20-8-5-6-9-21(20)19-27-13-16-28-17-14-27;/h5-6,8-9,22H,2-4,7,10-19H2,1H3,(H2,24,25,26);1H. The molecule has 6 nitrogen and oxygen atoms in total. The molecule has 2 N–H and O–H groups in total. The van der Waals surface area contributed by atoms with Gasteiger partial charge in [-0.1, -0.05) is 43.5 Å². The van der Waals surface area contributed by atoms with Gasteiger partial charge in [0.1, 0.15) is 0 Å². The largest absolute Gasteiger partial charge is 0.379 e. The zero-order chi connectivity index (χ0) is 20.2. The van der Waals surface area contributed by atoms with Crippen LogP contribution >= 0.6 is 24.0 Å². The zero-order valence-corrected chi connectivity index (χ0v) is 20.7. The maximum atomic E-state index is 6.00. The van der Waals surface area contributed by atoms with Crippen molar-refractivity contribution in [3.8, 4) is 0 Å². The quantitative estimate of drug-likeness (QED) is 0.222. The van der Waals surface area contributed by atoms with Crippen LogP contribution in [0.4, 0.5) is 0 Å². The third-order valence-electron chi connectivity index (χ3n) is 5.81. The second kappa shape index (κ2) is 15.0. The van der Waals surface area contributed by atoms with Gasteiger partial charge in [0.2, 0.25) is 0 Å². The van der Waals surface area contributed by atoms with Crippen molar-refractivity contribution in [3.63, 3.8) is 0 Å². The second-order valence-electron chi connectivity index (χ2n) is 7.99. The second-order valence-corrected chi connectivity index (χ2v) is 7.99. The van der Waals surface area contributed by atoms with Gasteiger partial charge >= 0.3 is 0 Å². The molecule has 1 aromatic rings. The number of hydrogen-bond donors (Lipinski definition) is 2. The van der Waals surface area contributed by atoms with Gasteiger partial charge in [-0.25, -0.2) is 0 Å². The lowest BCUT2D eigenvalue weighted by atomic mass is 9.98. The van der Waals surface area contributed by atoms with E-state index < -0.39 is 0 Å². The lowest BCUT2D eigenvalue weighted by Crippen LogP contribution is -2.38. The molecule has 3 rings (SSSR count). The number of halogens is 1. The summed E-state index contributed by atoms with van der Waals surface area (Å²) in [7, 11) is 1.83. The van der Waals surface area contributed by atoms with Crippen LogP contribution in [-0.4, -0.2) is 63.5 Å². The molecule has 2 aliphatic rings. The Morgan fingerprint density at radius 2 is 1.83 bits per heavy atom. The van der Waals surface area contributed by atoms with E-state index in [4.69, 9.17) is 9.47 Å². The number of ether oxygens (including phenoxy) is 2. The van der Waals surface area contributed by atoms with Gasteiger partial charge in [0.15, 0.2) is 5.96 Å². The fraction of sp³-hybridized carbons (Fsp3) is 0.696. The normalized spacial score (nSPS) is 18.6. The van der Waals surface area contributed by atoms with E-state index in [1.165, 1.54) is 43.2 Å². The first-order valence-electron chi connectivity index (χ1n) is 11.3. The highest BCUT2D eigenvalue weighted by molar-refractivity contribution is 14.0. The summed E-state index contributed by atoms with van der Waals surface area (Å²) in [5, 5.41) is 6.87. The summed E-state index contributed by atoms with van der Waals surface area (Å²) in [6, 6.07) is 8.66. The van der Waals surface area contributed by atoms with Gasteiger partial charge in [0, 0.05) is 46.4 Å². The van der Waals surface area contributed by atoms with Crippen LogP contribution in [0.25, 0.3) is 0 Å². The Kier molecular flexibility index (Phi) is 12.7. The van der Waals surface area contributed by atoms with Crippen LogP contribution in [0.1, 0.15) is 49.7 Å². The monoisotopic (exact) mass is 530 g/mol. The molecule has 0 unspecified atom stereocenters.